The maximum atomic E-state index is 10.9. The molecule has 0 amide bonds. The van der Waals surface area contributed by atoms with Crippen molar-refractivity contribution < 1.29 is 38.9 Å². The third-order valence-electron chi connectivity index (χ3n) is 2.60. The number of rotatable bonds is 10. The van der Waals surface area contributed by atoms with Gasteiger partial charge in [0, 0.05) is 24.3 Å². The Morgan fingerprint density at radius 3 is 1.80 bits per heavy atom. The lowest BCUT2D eigenvalue weighted by Crippen LogP contribution is -2.03. The van der Waals surface area contributed by atoms with Crippen LogP contribution in [0.5, 0.6) is 0 Å². The molecule has 0 spiro atoms. The summed E-state index contributed by atoms with van der Waals surface area (Å²) in [4.78, 5) is 40.9. The van der Waals surface area contributed by atoms with Gasteiger partial charge in [-0.2, -0.15) is 0 Å². The van der Waals surface area contributed by atoms with Crippen molar-refractivity contribution in [2.45, 2.75) is 39.5 Å². The Hall–Kier alpha value is -2.64. The molecule has 142 valence electrons. The number of carbonyl (C=O) groups is 4. The molecule has 25 heavy (non-hydrogen) atoms. The molecule has 0 fully saturated rings. The summed E-state index contributed by atoms with van der Waals surface area (Å²) in [5, 5.41) is 16.2. The molecule has 0 aliphatic rings. The third kappa shape index (κ3) is 23.8. The van der Waals surface area contributed by atoms with Gasteiger partial charge in [0.05, 0.1) is 13.7 Å². The Labute approximate surface area is 147 Å². The Balaban J connectivity index is 0. The third-order valence-corrected chi connectivity index (χ3v) is 2.60. The van der Waals surface area contributed by atoms with Crippen LogP contribution in [0.4, 0.5) is 0 Å². The second kappa shape index (κ2) is 16.2. The Morgan fingerprint density at radius 2 is 1.36 bits per heavy atom. The van der Waals surface area contributed by atoms with E-state index in [2.05, 4.69) is 18.6 Å². The van der Waals surface area contributed by atoms with Crippen LogP contribution < -0.4 is 0 Å². The lowest BCUT2D eigenvalue weighted by atomic mass is 10.1. The van der Waals surface area contributed by atoms with Crippen LogP contribution in [-0.2, 0) is 28.7 Å². The second-order valence-electron chi connectivity index (χ2n) is 5.28. The van der Waals surface area contributed by atoms with Gasteiger partial charge >= 0.3 is 23.9 Å². The molecule has 0 saturated carbocycles. The highest BCUT2D eigenvalue weighted by Crippen LogP contribution is 2.07. The summed E-state index contributed by atoms with van der Waals surface area (Å²) < 4.78 is 8.92. The Morgan fingerprint density at radius 1 is 0.840 bits per heavy atom. The molecule has 2 N–H and O–H groups in total. The summed E-state index contributed by atoms with van der Waals surface area (Å²) in [5.41, 5.74) is 0. The van der Waals surface area contributed by atoms with Crippen LogP contribution in [0, 0.1) is 5.92 Å². The zero-order valence-corrected chi connectivity index (χ0v) is 14.8. The first-order chi connectivity index (χ1) is 11.7. The van der Waals surface area contributed by atoms with Crippen molar-refractivity contribution in [3.8, 4) is 0 Å². The van der Waals surface area contributed by atoms with Crippen LogP contribution in [0.15, 0.2) is 24.3 Å². The molecule has 0 atom stereocenters. The number of unbranched alkanes of at least 4 members (excludes halogenated alkanes) is 2. The maximum absolute atomic E-state index is 10.9. The number of carboxylic acid groups (broad SMARTS) is 2. The summed E-state index contributed by atoms with van der Waals surface area (Å²) in [6.07, 6.45) is 7.45. The van der Waals surface area contributed by atoms with E-state index < -0.39 is 23.9 Å². The molecule has 0 aromatic carbocycles. The van der Waals surface area contributed by atoms with Crippen molar-refractivity contribution in [3.63, 3.8) is 0 Å². The molecule has 0 saturated heterocycles. The zero-order valence-electron chi connectivity index (χ0n) is 14.8. The number of carboxylic acids is 2. The fourth-order valence-corrected chi connectivity index (χ4v) is 1.40. The van der Waals surface area contributed by atoms with Gasteiger partial charge in [-0.05, 0) is 12.3 Å². The Kier molecular flexibility index (Phi) is 16.0. The normalized spacial score (nSPS) is 10.4. The minimum Gasteiger partial charge on any atom is -0.478 e. The predicted molar refractivity (Wildman–Crippen MR) is 89.8 cm³/mol. The number of hydrogen-bond acceptors (Lipinski definition) is 6. The highest BCUT2D eigenvalue weighted by atomic mass is 16.5. The van der Waals surface area contributed by atoms with Crippen molar-refractivity contribution in [2.75, 3.05) is 13.7 Å². The molecule has 0 bridgehead atoms. The fraction of sp³-hybridized carbons (Fsp3) is 0.529. The minimum atomic E-state index is -1.17. The van der Waals surface area contributed by atoms with E-state index in [1.54, 1.807) is 0 Å². The van der Waals surface area contributed by atoms with E-state index in [0.29, 0.717) is 18.6 Å². The quantitative estimate of drug-likeness (QED) is 0.345. The molecule has 0 unspecified atom stereocenters. The van der Waals surface area contributed by atoms with E-state index in [4.69, 9.17) is 14.9 Å². The van der Waals surface area contributed by atoms with Crippen LogP contribution in [-0.4, -0.2) is 47.8 Å². The topological polar surface area (TPSA) is 127 Å². The lowest BCUT2D eigenvalue weighted by Gasteiger charge is -2.04. The highest BCUT2D eigenvalue weighted by Gasteiger charge is 1.99. The van der Waals surface area contributed by atoms with Gasteiger partial charge in [0.1, 0.15) is 0 Å². The van der Waals surface area contributed by atoms with Crippen LogP contribution in [0.1, 0.15) is 39.5 Å². The van der Waals surface area contributed by atoms with Crippen LogP contribution in [0.2, 0.25) is 0 Å². The van der Waals surface area contributed by atoms with Gasteiger partial charge in [-0.15, -0.1) is 0 Å². The molecular weight excluding hydrogens is 332 g/mol. The van der Waals surface area contributed by atoms with E-state index >= 15 is 0 Å². The lowest BCUT2D eigenvalue weighted by molar-refractivity contribution is -0.139. The smallest absolute Gasteiger partial charge is 0.331 e. The van der Waals surface area contributed by atoms with Crippen LogP contribution in [0.3, 0.4) is 0 Å². The van der Waals surface area contributed by atoms with E-state index in [-0.39, 0.29) is 0 Å². The monoisotopic (exact) mass is 358 g/mol. The molecule has 0 heterocycles. The van der Waals surface area contributed by atoms with Crippen LogP contribution >= 0.6 is 0 Å². The largest absolute Gasteiger partial charge is 0.478 e. The summed E-state index contributed by atoms with van der Waals surface area (Å²) in [6, 6.07) is 0. The first-order valence-electron chi connectivity index (χ1n) is 7.75. The van der Waals surface area contributed by atoms with Crippen molar-refractivity contribution in [3.05, 3.63) is 24.3 Å². The van der Waals surface area contributed by atoms with Gasteiger partial charge in [-0.1, -0.05) is 33.1 Å². The van der Waals surface area contributed by atoms with Crippen molar-refractivity contribution in [1.29, 1.82) is 0 Å². The minimum absolute atomic E-state index is 0.362. The van der Waals surface area contributed by atoms with Gasteiger partial charge < -0.3 is 19.7 Å². The average Bonchev–Trinajstić information content (AvgIpc) is 2.54. The van der Waals surface area contributed by atoms with Gasteiger partial charge in [-0.3, -0.25) is 0 Å². The summed E-state index contributed by atoms with van der Waals surface area (Å²) >= 11 is 0. The molecule has 8 heteroatoms. The van der Waals surface area contributed by atoms with Gasteiger partial charge in [0.2, 0.25) is 0 Å². The van der Waals surface area contributed by atoms with Gasteiger partial charge in [-0.25, -0.2) is 19.2 Å². The first kappa shape index (κ1) is 24.6. The second-order valence-corrected chi connectivity index (χ2v) is 5.28. The zero-order chi connectivity index (χ0) is 19.7. The van der Waals surface area contributed by atoms with E-state index in [1.807, 2.05) is 0 Å². The summed E-state index contributed by atoms with van der Waals surface area (Å²) in [7, 11) is 1.18. The number of ether oxygens (including phenoxy) is 2. The Bertz CT molecular complexity index is 477. The molecule has 0 radical (unpaired) electrons. The van der Waals surface area contributed by atoms with Crippen LogP contribution in [0.25, 0.3) is 0 Å². The van der Waals surface area contributed by atoms with Crippen molar-refractivity contribution in [1.82, 2.24) is 0 Å². The fourth-order valence-electron chi connectivity index (χ4n) is 1.40. The van der Waals surface area contributed by atoms with Crippen molar-refractivity contribution in [2.24, 2.45) is 5.92 Å². The molecule has 0 aromatic rings. The van der Waals surface area contributed by atoms with Gasteiger partial charge in [0.25, 0.3) is 0 Å². The number of carbonyl (C=O) groups excluding carboxylic acids is 2. The molecule has 0 aliphatic heterocycles. The van der Waals surface area contributed by atoms with E-state index in [0.717, 1.165) is 37.5 Å². The predicted octanol–water partition coefficient (Wildman–Crippen LogP) is 2.19. The number of hydrogen-bond donors (Lipinski definition) is 2. The molecule has 8 nitrogen and oxygen atoms in total. The SMILES string of the molecule is CC(C)CCCCCOC(=O)/C=C\C(=O)O.COC(=O)/C=C\C(=O)O. The number of esters is 2. The molecule has 0 aromatic heterocycles. The molecule has 0 aliphatic carbocycles. The van der Waals surface area contributed by atoms with Crippen molar-refractivity contribution >= 4 is 23.9 Å². The standard InChI is InChI=1S/C12H20O4.C5H6O4/c1-10(2)6-4-3-5-9-16-12(15)8-7-11(13)14;1-9-5(8)3-2-4(6)7/h7-8,10H,3-6,9H2,1-2H3,(H,13,14);2-3H,1H3,(H,6,7)/b8-7-;3-2-. The number of methoxy groups -OCH3 is 1. The molecule has 0 rings (SSSR count). The number of aliphatic carboxylic acids is 2. The van der Waals surface area contributed by atoms with E-state index in [1.165, 1.54) is 13.5 Å². The maximum Gasteiger partial charge on any atom is 0.331 e. The van der Waals surface area contributed by atoms with Gasteiger partial charge in [0.15, 0.2) is 0 Å². The average molecular weight is 358 g/mol. The molecular formula is C17H26O8. The summed E-state index contributed by atoms with van der Waals surface area (Å²) in [5.74, 6) is -2.86. The first-order valence-corrected chi connectivity index (χ1v) is 7.75. The highest BCUT2D eigenvalue weighted by molar-refractivity contribution is 5.91. The van der Waals surface area contributed by atoms with E-state index in [9.17, 15) is 19.2 Å². The summed E-state index contributed by atoms with van der Waals surface area (Å²) in [6.45, 7) is 4.72.